The first-order chi connectivity index (χ1) is 20.0. The van der Waals surface area contributed by atoms with Crippen LogP contribution < -0.4 is 0 Å². The van der Waals surface area contributed by atoms with Crippen LogP contribution in [0.4, 0.5) is 48.3 Å². The van der Waals surface area contributed by atoms with Crippen LogP contribution in [0.25, 0.3) is 0 Å². The number of fused-ring (bicyclic) bond motifs is 3. The van der Waals surface area contributed by atoms with E-state index in [-0.39, 0.29) is 6.42 Å². The van der Waals surface area contributed by atoms with Crippen molar-refractivity contribution in [2.24, 2.45) is 70.0 Å². The zero-order valence-corrected chi connectivity index (χ0v) is 26.4. The van der Waals surface area contributed by atoms with Gasteiger partial charge in [0.05, 0.1) is 17.9 Å². The van der Waals surface area contributed by atoms with E-state index in [2.05, 4.69) is 4.74 Å². The Morgan fingerprint density at radius 2 is 1.20 bits per heavy atom. The van der Waals surface area contributed by atoms with Crippen LogP contribution in [0.5, 0.6) is 0 Å². The molecule has 45 heavy (non-hydrogen) atoms. The fourth-order valence-corrected chi connectivity index (χ4v) is 11.7. The summed E-state index contributed by atoms with van der Waals surface area (Å²) in [5, 5.41) is 0. The average Bonchev–Trinajstić information content (AvgIpc) is 3.46. The van der Waals surface area contributed by atoms with Gasteiger partial charge in [-0.25, -0.2) is 4.39 Å². The van der Waals surface area contributed by atoms with Crippen LogP contribution in [-0.2, 0) is 14.2 Å². The molecule has 14 heteroatoms. The summed E-state index contributed by atoms with van der Waals surface area (Å²) >= 11 is 0. The molecular weight excluding hydrogens is 629 g/mol. The SMILES string of the molecule is CC1C(C2C(CC(C)(C)C3C4OC(C)(C(F)(F)F)C5CC3C(C)(C)C45)C(F)(F)OC2(F)F)C2CC1C(C)(F)OC2(C)C(F)(F)F. The Hall–Kier alpha value is -0.890. The summed E-state index contributed by atoms with van der Waals surface area (Å²) in [6.07, 6.45) is -21.0. The zero-order valence-electron chi connectivity index (χ0n) is 26.4. The van der Waals surface area contributed by atoms with Crippen molar-refractivity contribution in [1.29, 1.82) is 0 Å². The lowest BCUT2D eigenvalue weighted by molar-refractivity contribution is -0.369. The van der Waals surface area contributed by atoms with Gasteiger partial charge < -0.3 is 9.47 Å². The normalized spacial score (nSPS) is 53.0. The van der Waals surface area contributed by atoms with Gasteiger partial charge >= 0.3 is 24.6 Å². The topological polar surface area (TPSA) is 27.7 Å². The standard InChI is InChI=1S/C31H41F11O3/c1-12-13-9-14(26(7,31(40,41)42)44-27(13,8)32)18(12)19-17(28(33,34)45-29(19,35)36)11-23(2,3)20-15-10-16-21(24(15,4)5)22(20)43-25(16,6)30(37,38)39/h12-22H,9-11H2,1-8H3. The summed E-state index contributed by atoms with van der Waals surface area (Å²) in [6.45, 7) is 10.3. The van der Waals surface area contributed by atoms with Gasteiger partial charge in [0.15, 0.2) is 11.2 Å². The van der Waals surface area contributed by atoms with Crippen molar-refractivity contribution in [2.45, 2.75) is 122 Å². The summed E-state index contributed by atoms with van der Waals surface area (Å²) < 4.78 is 180. The minimum atomic E-state index is -5.21. The smallest absolute Gasteiger partial charge is 0.362 e. The molecule has 0 amide bonds. The van der Waals surface area contributed by atoms with Crippen LogP contribution in [0.15, 0.2) is 0 Å². The van der Waals surface area contributed by atoms with E-state index in [0.29, 0.717) is 6.92 Å². The molecule has 0 N–H and O–H groups in total. The second-order valence-corrected chi connectivity index (χ2v) is 16.6. The predicted octanol–water partition coefficient (Wildman–Crippen LogP) is 9.40. The first kappa shape index (κ1) is 34.0. The summed E-state index contributed by atoms with van der Waals surface area (Å²) in [4.78, 5) is 0. The van der Waals surface area contributed by atoms with Crippen LogP contribution in [0.1, 0.15) is 74.7 Å². The fourth-order valence-electron chi connectivity index (χ4n) is 11.7. The van der Waals surface area contributed by atoms with E-state index in [9.17, 15) is 26.3 Å². The van der Waals surface area contributed by atoms with Gasteiger partial charge in [-0.3, -0.25) is 4.74 Å². The maximum absolute atomic E-state index is 15.7. The lowest BCUT2D eigenvalue weighted by Gasteiger charge is -2.48. The quantitative estimate of drug-likeness (QED) is 0.279. The van der Waals surface area contributed by atoms with Gasteiger partial charge in [-0.15, -0.1) is 0 Å². The van der Waals surface area contributed by atoms with Gasteiger partial charge in [0.25, 0.3) is 0 Å². The second kappa shape index (κ2) is 9.01. The largest absolute Gasteiger partial charge is 0.417 e. The Balaban J connectivity index is 1.39. The van der Waals surface area contributed by atoms with Crippen LogP contribution in [-0.4, -0.2) is 47.7 Å². The monoisotopic (exact) mass is 670 g/mol. The van der Waals surface area contributed by atoms with Gasteiger partial charge in [-0.2, -0.15) is 43.9 Å². The minimum absolute atomic E-state index is 0.106. The van der Waals surface area contributed by atoms with Gasteiger partial charge in [0.1, 0.15) is 0 Å². The molecule has 3 saturated carbocycles. The molecule has 3 aliphatic heterocycles. The molecule has 14 atom stereocenters. The van der Waals surface area contributed by atoms with Crippen molar-refractivity contribution < 1.29 is 62.5 Å². The predicted molar refractivity (Wildman–Crippen MR) is 137 cm³/mol. The Morgan fingerprint density at radius 1 is 0.667 bits per heavy atom. The highest BCUT2D eigenvalue weighted by atomic mass is 19.4. The maximum atomic E-state index is 15.7. The molecule has 6 rings (SSSR count). The maximum Gasteiger partial charge on any atom is 0.417 e. The van der Waals surface area contributed by atoms with Crippen LogP contribution in [0, 0.1) is 70.0 Å². The molecule has 0 aromatic heterocycles. The third-order valence-corrected chi connectivity index (χ3v) is 13.7. The molecule has 0 radical (unpaired) electrons. The highest BCUT2D eigenvalue weighted by molar-refractivity contribution is 5.22. The number of hydrogen-bond acceptors (Lipinski definition) is 3. The molecule has 0 spiro atoms. The third kappa shape index (κ3) is 4.24. The third-order valence-electron chi connectivity index (χ3n) is 13.7. The van der Waals surface area contributed by atoms with Gasteiger partial charge in [0, 0.05) is 17.8 Å². The van der Waals surface area contributed by atoms with Crippen molar-refractivity contribution in [2.75, 3.05) is 0 Å². The van der Waals surface area contributed by atoms with E-state index in [0.717, 1.165) is 13.8 Å². The van der Waals surface area contributed by atoms with Crippen LogP contribution in [0.2, 0.25) is 0 Å². The van der Waals surface area contributed by atoms with E-state index in [1.807, 2.05) is 13.8 Å². The summed E-state index contributed by atoms with van der Waals surface area (Å²) in [5.74, 6) is -16.2. The number of rotatable bonds is 4. The first-order valence-electron chi connectivity index (χ1n) is 15.6. The van der Waals surface area contributed by atoms with Crippen LogP contribution >= 0.6 is 0 Å². The number of hydrogen-bond donors (Lipinski definition) is 0. The molecule has 3 saturated heterocycles. The van der Waals surface area contributed by atoms with E-state index in [4.69, 9.17) is 9.47 Å². The molecule has 0 aromatic carbocycles. The number of ether oxygens (including phenoxy) is 3. The lowest BCUT2D eigenvalue weighted by Crippen LogP contribution is -2.59. The minimum Gasteiger partial charge on any atom is -0.362 e. The van der Waals surface area contributed by atoms with E-state index >= 15 is 22.0 Å². The average molecular weight is 671 g/mol. The lowest BCUT2D eigenvalue weighted by atomic mass is 9.60. The number of alkyl halides is 11. The van der Waals surface area contributed by atoms with E-state index < -0.39 is 131 Å². The molecule has 3 heterocycles. The fraction of sp³-hybridized carbons (Fsp3) is 1.00. The summed E-state index contributed by atoms with van der Waals surface area (Å²) in [5.41, 5.74) is -7.70. The highest BCUT2D eigenvalue weighted by Crippen LogP contribution is 2.76. The van der Waals surface area contributed by atoms with Crippen molar-refractivity contribution in [3.05, 3.63) is 0 Å². The molecule has 3 nitrogen and oxygen atoms in total. The van der Waals surface area contributed by atoms with Crippen molar-refractivity contribution >= 4 is 0 Å². The Kier molecular flexibility index (Phi) is 6.81. The summed E-state index contributed by atoms with van der Waals surface area (Å²) in [6, 6.07) is 0. The number of halogens is 11. The van der Waals surface area contributed by atoms with Crippen molar-refractivity contribution in [1.82, 2.24) is 0 Å². The zero-order chi connectivity index (χ0) is 34.1. The van der Waals surface area contributed by atoms with Crippen molar-refractivity contribution in [3.63, 3.8) is 0 Å². The first-order valence-corrected chi connectivity index (χ1v) is 15.6. The van der Waals surface area contributed by atoms with E-state index in [1.54, 1.807) is 0 Å². The molecule has 260 valence electrons. The molecule has 6 aliphatic rings. The Labute approximate surface area is 255 Å². The molecule has 6 fully saturated rings. The summed E-state index contributed by atoms with van der Waals surface area (Å²) in [7, 11) is 0. The van der Waals surface area contributed by atoms with Crippen LogP contribution in [0.3, 0.4) is 0 Å². The van der Waals surface area contributed by atoms with Crippen molar-refractivity contribution in [3.8, 4) is 0 Å². The molecule has 0 aromatic rings. The molecule has 4 bridgehead atoms. The Bertz CT molecular complexity index is 1230. The molecule has 14 unspecified atom stereocenters. The van der Waals surface area contributed by atoms with Gasteiger partial charge in [-0.05, 0) is 80.5 Å². The van der Waals surface area contributed by atoms with Gasteiger partial charge in [-0.1, -0.05) is 34.6 Å². The van der Waals surface area contributed by atoms with Gasteiger partial charge in [0.2, 0.25) is 5.85 Å². The second-order valence-electron chi connectivity index (χ2n) is 16.6. The Morgan fingerprint density at radius 3 is 1.73 bits per heavy atom. The molecule has 3 aliphatic carbocycles. The molecular formula is C31H41F11O3. The highest BCUT2D eigenvalue weighted by Gasteiger charge is 2.81. The van der Waals surface area contributed by atoms with E-state index in [1.165, 1.54) is 20.8 Å².